The Morgan fingerprint density at radius 3 is 2.58 bits per heavy atom. The summed E-state index contributed by atoms with van der Waals surface area (Å²) >= 11 is 0. The zero-order chi connectivity index (χ0) is 13.7. The second-order valence-corrected chi connectivity index (χ2v) is 5.18. The summed E-state index contributed by atoms with van der Waals surface area (Å²) in [6.07, 6.45) is 4.84. The SMILES string of the molecule is O=C(O)C1(CCOc2ccccc2F)CCCCC1. The normalized spacial score (nSPS) is 17.9. The molecular formula is C15H19FO3. The van der Waals surface area contributed by atoms with Gasteiger partial charge < -0.3 is 9.84 Å². The number of ether oxygens (including phenoxy) is 1. The number of carboxylic acids is 1. The molecular weight excluding hydrogens is 247 g/mol. The summed E-state index contributed by atoms with van der Waals surface area (Å²) in [5, 5.41) is 9.41. The summed E-state index contributed by atoms with van der Waals surface area (Å²) < 4.78 is 18.7. The van der Waals surface area contributed by atoms with Crippen LogP contribution >= 0.6 is 0 Å². The molecule has 0 radical (unpaired) electrons. The number of rotatable bonds is 5. The van der Waals surface area contributed by atoms with E-state index in [0.717, 1.165) is 19.3 Å². The van der Waals surface area contributed by atoms with E-state index in [2.05, 4.69) is 0 Å². The van der Waals surface area contributed by atoms with Gasteiger partial charge in [-0.3, -0.25) is 4.79 Å². The van der Waals surface area contributed by atoms with Crippen LogP contribution in [0, 0.1) is 11.2 Å². The number of hydrogen-bond acceptors (Lipinski definition) is 2. The molecule has 104 valence electrons. The highest BCUT2D eigenvalue weighted by molar-refractivity contribution is 5.74. The number of hydrogen-bond donors (Lipinski definition) is 1. The van der Waals surface area contributed by atoms with Crippen LogP contribution in [0.5, 0.6) is 5.75 Å². The molecule has 1 aromatic carbocycles. The van der Waals surface area contributed by atoms with Crippen molar-refractivity contribution in [3.8, 4) is 5.75 Å². The summed E-state index contributed by atoms with van der Waals surface area (Å²) in [5.74, 6) is -0.960. The van der Waals surface area contributed by atoms with Gasteiger partial charge in [0, 0.05) is 0 Å². The summed E-state index contributed by atoms with van der Waals surface area (Å²) in [6.45, 7) is 0.243. The molecule has 19 heavy (non-hydrogen) atoms. The first-order valence-electron chi connectivity index (χ1n) is 6.75. The van der Waals surface area contributed by atoms with Gasteiger partial charge in [0.05, 0.1) is 12.0 Å². The molecule has 0 unspecified atom stereocenters. The Kier molecular flexibility index (Phi) is 4.40. The Balaban J connectivity index is 1.93. The molecule has 0 aliphatic heterocycles. The molecule has 1 fully saturated rings. The number of halogens is 1. The average Bonchev–Trinajstić information content (AvgIpc) is 2.42. The van der Waals surface area contributed by atoms with Gasteiger partial charge in [-0.2, -0.15) is 0 Å². The zero-order valence-electron chi connectivity index (χ0n) is 10.9. The minimum Gasteiger partial charge on any atom is -0.490 e. The van der Waals surface area contributed by atoms with Crippen molar-refractivity contribution >= 4 is 5.97 Å². The van der Waals surface area contributed by atoms with Crippen LogP contribution in [0.4, 0.5) is 4.39 Å². The largest absolute Gasteiger partial charge is 0.490 e. The zero-order valence-corrected chi connectivity index (χ0v) is 10.9. The molecule has 1 aromatic rings. The van der Waals surface area contributed by atoms with E-state index < -0.39 is 17.2 Å². The predicted molar refractivity (Wildman–Crippen MR) is 69.7 cm³/mol. The van der Waals surface area contributed by atoms with Gasteiger partial charge in [-0.05, 0) is 31.4 Å². The maximum absolute atomic E-state index is 13.4. The smallest absolute Gasteiger partial charge is 0.309 e. The Bertz CT molecular complexity index is 439. The number of aliphatic carboxylic acids is 1. The molecule has 1 aliphatic rings. The summed E-state index contributed by atoms with van der Waals surface area (Å²) in [6, 6.07) is 6.20. The van der Waals surface area contributed by atoms with Gasteiger partial charge in [-0.15, -0.1) is 0 Å². The van der Waals surface area contributed by atoms with E-state index in [-0.39, 0.29) is 12.4 Å². The van der Waals surface area contributed by atoms with Crippen molar-refractivity contribution in [2.24, 2.45) is 5.41 Å². The highest BCUT2D eigenvalue weighted by Crippen LogP contribution is 2.39. The first-order chi connectivity index (χ1) is 9.14. The molecule has 0 atom stereocenters. The van der Waals surface area contributed by atoms with E-state index >= 15 is 0 Å². The van der Waals surface area contributed by atoms with E-state index in [1.54, 1.807) is 18.2 Å². The van der Waals surface area contributed by atoms with Gasteiger partial charge in [0.25, 0.3) is 0 Å². The molecule has 2 rings (SSSR count). The van der Waals surface area contributed by atoms with Crippen molar-refractivity contribution in [3.63, 3.8) is 0 Å². The Hall–Kier alpha value is -1.58. The van der Waals surface area contributed by atoms with E-state index in [9.17, 15) is 14.3 Å². The van der Waals surface area contributed by atoms with E-state index in [0.29, 0.717) is 19.3 Å². The fourth-order valence-corrected chi connectivity index (χ4v) is 2.72. The van der Waals surface area contributed by atoms with Crippen molar-refractivity contribution in [3.05, 3.63) is 30.1 Å². The third-order valence-corrected chi connectivity index (χ3v) is 3.94. The van der Waals surface area contributed by atoms with Crippen molar-refractivity contribution in [1.29, 1.82) is 0 Å². The average molecular weight is 266 g/mol. The first kappa shape index (κ1) is 13.8. The van der Waals surface area contributed by atoms with E-state index in [1.807, 2.05) is 0 Å². The summed E-state index contributed by atoms with van der Waals surface area (Å²) in [5.41, 5.74) is -0.677. The third-order valence-electron chi connectivity index (χ3n) is 3.94. The highest BCUT2D eigenvalue weighted by Gasteiger charge is 2.39. The highest BCUT2D eigenvalue weighted by atomic mass is 19.1. The Morgan fingerprint density at radius 2 is 1.95 bits per heavy atom. The van der Waals surface area contributed by atoms with Crippen LogP contribution in [0.3, 0.4) is 0 Å². The van der Waals surface area contributed by atoms with Gasteiger partial charge >= 0.3 is 5.97 Å². The van der Waals surface area contributed by atoms with Crippen LogP contribution in [0.25, 0.3) is 0 Å². The quantitative estimate of drug-likeness (QED) is 0.885. The number of carbonyl (C=O) groups is 1. The third kappa shape index (κ3) is 3.25. The topological polar surface area (TPSA) is 46.5 Å². The van der Waals surface area contributed by atoms with Crippen LogP contribution in [-0.4, -0.2) is 17.7 Å². The number of benzene rings is 1. The van der Waals surface area contributed by atoms with Crippen molar-refractivity contribution in [1.82, 2.24) is 0 Å². The second kappa shape index (κ2) is 6.04. The molecule has 0 saturated heterocycles. The molecule has 0 amide bonds. The van der Waals surface area contributed by atoms with Crippen LogP contribution in [0.2, 0.25) is 0 Å². The van der Waals surface area contributed by atoms with Crippen molar-refractivity contribution in [2.45, 2.75) is 38.5 Å². The van der Waals surface area contributed by atoms with E-state index in [1.165, 1.54) is 6.07 Å². The lowest BCUT2D eigenvalue weighted by molar-refractivity contribution is -0.152. The molecule has 3 nitrogen and oxygen atoms in total. The van der Waals surface area contributed by atoms with Crippen LogP contribution in [0.15, 0.2) is 24.3 Å². The predicted octanol–water partition coefficient (Wildman–Crippen LogP) is 3.63. The maximum atomic E-state index is 13.4. The Morgan fingerprint density at radius 1 is 1.26 bits per heavy atom. The Labute approximate surface area is 112 Å². The van der Waals surface area contributed by atoms with Gasteiger partial charge in [0.1, 0.15) is 0 Å². The first-order valence-corrected chi connectivity index (χ1v) is 6.75. The molecule has 0 aromatic heterocycles. The lowest BCUT2D eigenvalue weighted by Gasteiger charge is -2.33. The number of para-hydroxylation sites is 1. The fraction of sp³-hybridized carbons (Fsp3) is 0.533. The molecule has 1 saturated carbocycles. The molecule has 0 heterocycles. The van der Waals surface area contributed by atoms with Gasteiger partial charge in [-0.25, -0.2) is 4.39 Å². The lowest BCUT2D eigenvalue weighted by atomic mass is 9.72. The lowest BCUT2D eigenvalue weighted by Crippen LogP contribution is -2.34. The van der Waals surface area contributed by atoms with Gasteiger partial charge in [0.2, 0.25) is 0 Å². The molecule has 0 bridgehead atoms. The van der Waals surface area contributed by atoms with Crippen LogP contribution in [-0.2, 0) is 4.79 Å². The van der Waals surface area contributed by atoms with Crippen LogP contribution < -0.4 is 4.74 Å². The maximum Gasteiger partial charge on any atom is 0.309 e. The molecule has 0 spiro atoms. The minimum absolute atomic E-state index is 0.193. The molecule has 1 N–H and O–H groups in total. The summed E-state index contributed by atoms with van der Waals surface area (Å²) in [4.78, 5) is 11.5. The fourth-order valence-electron chi connectivity index (χ4n) is 2.72. The van der Waals surface area contributed by atoms with E-state index in [4.69, 9.17) is 4.74 Å². The van der Waals surface area contributed by atoms with Crippen LogP contribution in [0.1, 0.15) is 38.5 Å². The summed E-state index contributed by atoms with van der Waals surface area (Å²) in [7, 11) is 0. The van der Waals surface area contributed by atoms with Gasteiger partial charge in [-0.1, -0.05) is 31.4 Å². The minimum atomic E-state index is -0.746. The van der Waals surface area contributed by atoms with Crippen molar-refractivity contribution < 1.29 is 19.0 Å². The molecule has 1 aliphatic carbocycles. The van der Waals surface area contributed by atoms with Gasteiger partial charge in [0.15, 0.2) is 11.6 Å². The number of carboxylic acid groups (broad SMARTS) is 1. The van der Waals surface area contributed by atoms with Crippen molar-refractivity contribution in [2.75, 3.05) is 6.61 Å². The monoisotopic (exact) mass is 266 g/mol. The standard InChI is InChI=1S/C15H19FO3/c16-12-6-2-3-7-13(12)19-11-10-15(14(17)18)8-4-1-5-9-15/h2-3,6-7H,1,4-5,8-11H2,(H,17,18). The molecule has 4 heteroatoms. The second-order valence-electron chi connectivity index (χ2n) is 5.18.